The zero-order valence-electron chi connectivity index (χ0n) is 12.2. The van der Waals surface area contributed by atoms with Crippen LogP contribution < -0.4 is 4.72 Å². The van der Waals surface area contributed by atoms with Gasteiger partial charge < -0.3 is 9.25 Å². The minimum atomic E-state index is -3.88. The van der Waals surface area contributed by atoms with Gasteiger partial charge in [0.05, 0.1) is 11.1 Å². The van der Waals surface area contributed by atoms with Crippen molar-refractivity contribution in [3.05, 3.63) is 53.3 Å². The molecule has 2 aromatic rings. The molecule has 0 fully saturated rings. The lowest BCUT2D eigenvalue weighted by Crippen LogP contribution is -2.32. The molecule has 1 aliphatic heterocycles. The third-order valence-electron chi connectivity index (χ3n) is 3.25. The lowest BCUT2D eigenvalue weighted by atomic mass is 10.1. The van der Waals surface area contributed by atoms with Crippen molar-refractivity contribution in [2.45, 2.75) is 5.09 Å². The van der Waals surface area contributed by atoms with Crippen molar-refractivity contribution < 1.29 is 32.1 Å². The van der Waals surface area contributed by atoms with Crippen LogP contribution in [0.2, 0.25) is 0 Å². The van der Waals surface area contributed by atoms with Crippen LogP contribution in [0.25, 0.3) is 0 Å². The first kappa shape index (κ1) is 15.9. The Morgan fingerprint density at radius 3 is 2.21 bits per heavy atom. The summed E-state index contributed by atoms with van der Waals surface area (Å²) in [6, 6.07) is 8.09. The maximum atomic E-state index is 12.1. The zero-order valence-corrected chi connectivity index (χ0v) is 13.0. The maximum Gasteiger partial charge on any atom is 0.399 e. The Morgan fingerprint density at radius 2 is 1.67 bits per heavy atom. The van der Waals surface area contributed by atoms with Gasteiger partial charge in [0.2, 0.25) is 10.9 Å². The Balaban J connectivity index is 1.82. The summed E-state index contributed by atoms with van der Waals surface area (Å²) in [6.45, 7) is 0. The third kappa shape index (κ3) is 2.47. The molecule has 0 atom stereocenters. The van der Waals surface area contributed by atoms with E-state index in [0.717, 1.165) is 12.1 Å². The molecule has 10 heteroatoms. The molecule has 124 valence electrons. The second-order valence-corrected chi connectivity index (χ2v) is 6.47. The standard InChI is InChI=1S/C14H10N2O7S/c1-15-24(20,21)11-7-6-10(22-11)14(19)23-16-12(17)8-4-2-3-5-9(8)13(16)18/h2-7,15H,1H3. The molecule has 1 N–H and O–H groups in total. The first-order chi connectivity index (χ1) is 11.3. The number of sulfonamides is 1. The van der Waals surface area contributed by atoms with Crippen molar-refractivity contribution in [1.82, 2.24) is 9.79 Å². The number of furan rings is 1. The predicted octanol–water partition coefficient (Wildman–Crippen LogP) is 0.556. The number of imide groups is 1. The van der Waals surface area contributed by atoms with E-state index in [0.29, 0.717) is 5.06 Å². The largest absolute Gasteiger partial charge is 0.436 e. The normalized spacial score (nSPS) is 14.0. The topological polar surface area (TPSA) is 123 Å². The van der Waals surface area contributed by atoms with Gasteiger partial charge in [-0.2, -0.15) is 0 Å². The van der Waals surface area contributed by atoms with Crippen LogP contribution >= 0.6 is 0 Å². The van der Waals surface area contributed by atoms with Gasteiger partial charge in [-0.3, -0.25) is 9.59 Å². The summed E-state index contributed by atoms with van der Waals surface area (Å²) in [7, 11) is -2.70. The third-order valence-corrected chi connectivity index (χ3v) is 4.53. The number of hydrogen-bond acceptors (Lipinski definition) is 7. The summed E-state index contributed by atoms with van der Waals surface area (Å²) in [5.41, 5.74) is 0.210. The number of hydrogen-bond donors (Lipinski definition) is 1. The van der Waals surface area contributed by atoms with E-state index in [1.54, 1.807) is 12.1 Å². The van der Waals surface area contributed by atoms with Gasteiger partial charge in [0.15, 0.2) is 0 Å². The fraction of sp³-hybridized carbons (Fsp3) is 0.0714. The molecular weight excluding hydrogens is 340 g/mol. The van der Waals surface area contributed by atoms with E-state index < -0.39 is 38.7 Å². The molecule has 0 saturated carbocycles. The molecule has 24 heavy (non-hydrogen) atoms. The molecule has 1 aliphatic rings. The summed E-state index contributed by atoms with van der Waals surface area (Å²) in [5.74, 6) is -3.24. The Bertz CT molecular complexity index is 926. The zero-order chi connectivity index (χ0) is 17.5. The van der Waals surface area contributed by atoms with E-state index >= 15 is 0 Å². The molecule has 2 amide bonds. The number of rotatable bonds is 4. The van der Waals surface area contributed by atoms with Crippen LogP contribution in [0.1, 0.15) is 31.3 Å². The van der Waals surface area contributed by atoms with E-state index in [4.69, 9.17) is 9.25 Å². The summed E-state index contributed by atoms with van der Waals surface area (Å²) in [6.07, 6.45) is 0. The van der Waals surface area contributed by atoms with Crippen LogP contribution in [-0.2, 0) is 14.9 Å². The van der Waals surface area contributed by atoms with Gasteiger partial charge in [0, 0.05) is 0 Å². The lowest BCUT2D eigenvalue weighted by molar-refractivity contribution is -0.0605. The molecule has 9 nitrogen and oxygen atoms in total. The van der Waals surface area contributed by atoms with Crippen LogP contribution in [0.4, 0.5) is 0 Å². The lowest BCUT2D eigenvalue weighted by Gasteiger charge is -2.11. The van der Waals surface area contributed by atoms with Crippen LogP contribution in [0.5, 0.6) is 0 Å². The number of nitrogens with one attached hydrogen (secondary N) is 1. The smallest absolute Gasteiger partial charge is 0.399 e. The average molecular weight is 350 g/mol. The number of nitrogens with zero attached hydrogens (tertiary/aromatic N) is 1. The highest BCUT2D eigenvalue weighted by Crippen LogP contribution is 2.24. The maximum absolute atomic E-state index is 12.1. The monoisotopic (exact) mass is 350 g/mol. The Hall–Kier alpha value is -2.98. The van der Waals surface area contributed by atoms with E-state index in [9.17, 15) is 22.8 Å². The quantitative estimate of drug-likeness (QED) is 0.799. The molecule has 3 rings (SSSR count). The number of carbonyl (C=O) groups is 3. The summed E-state index contributed by atoms with van der Waals surface area (Å²) in [4.78, 5) is 40.9. The second-order valence-electron chi connectivity index (χ2n) is 4.66. The van der Waals surface area contributed by atoms with Gasteiger partial charge in [-0.15, -0.1) is 0 Å². The summed E-state index contributed by atoms with van der Waals surface area (Å²) >= 11 is 0. The Labute approximate surface area is 135 Å². The van der Waals surface area contributed by atoms with E-state index in [-0.39, 0.29) is 11.1 Å². The van der Waals surface area contributed by atoms with Crippen molar-refractivity contribution in [3.8, 4) is 0 Å². The SMILES string of the molecule is CNS(=O)(=O)c1ccc(C(=O)ON2C(=O)c3ccccc3C2=O)o1. The fourth-order valence-corrected chi connectivity index (χ4v) is 2.70. The molecule has 1 aromatic heterocycles. The van der Waals surface area contributed by atoms with Crippen molar-refractivity contribution in [3.63, 3.8) is 0 Å². The van der Waals surface area contributed by atoms with E-state index in [2.05, 4.69) is 0 Å². The highest BCUT2D eigenvalue weighted by Gasteiger charge is 2.39. The number of carbonyl (C=O) groups excluding carboxylic acids is 3. The molecule has 0 aliphatic carbocycles. The highest BCUT2D eigenvalue weighted by molar-refractivity contribution is 7.89. The van der Waals surface area contributed by atoms with Crippen molar-refractivity contribution in [2.24, 2.45) is 0 Å². The first-order valence-electron chi connectivity index (χ1n) is 6.58. The van der Waals surface area contributed by atoms with Crippen LogP contribution in [0.3, 0.4) is 0 Å². The van der Waals surface area contributed by atoms with E-state index in [1.165, 1.54) is 19.2 Å². The van der Waals surface area contributed by atoms with E-state index in [1.807, 2.05) is 4.72 Å². The van der Waals surface area contributed by atoms with Crippen LogP contribution in [0.15, 0.2) is 45.9 Å². The summed E-state index contributed by atoms with van der Waals surface area (Å²) in [5, 5.41) is -0.193. The van der Waals surface area contributed by atoms with Gasteiger partial charge in [-0.1, -0.05) is 17.2 Å². The number of hydroxylamine groups is 2. The van der Waals surface area contributed by atoms with Crippen molar-refractivity contribution in [2.75, 3.05) is 7.05 Å². The molecule has 1 aromatic carbocycles. The highest BCUT2D eigenvalue weighted by atomic mass is 32.2. The van der Waals surface area contributed by atoms with Crippen molar-refractivity contribution in [1.29, 1.82) is 0 Å². The van der Waals surface area contributed by atoms with Crippen LogP contribution in [0, 0.1) is 0 Å². The Kier molecular flexibility index (Phi) is 3.70. The summed E-state index contributed by atoms with van der Waals surface area (Å²) < 4.78 is 30.0. The minimum absolute atomic E-state index is 0.105. The predicted molar refractivity (Wildman–Crippen MR) is 77.3 cm³/mol. The first-order valence-corrected chi connectivity index (χ1v) is 8.07. The number of fused-ring (bicyclic) bond motifs is 1. The second kappa shape index (κ2) is 5.58. The molecule has 0 bridgehead atoms. The fourth-order valence-electron chi connectivity index (χ4n) is 2.05. The number of amides is 2. The molecule has 0 spiro atoms. The molecule has 0 unspecified atom stereocenters. The minimum Gasteiger partial charge on any atom is -0.436 e. The molecular formula is C14H10N2O7S. The van der Waals surface area contributed by atoms with Gasteiger partial charge in [0.25, 0.3) is 21.8 Å². The van der Waals surface area contributed by atoms with Gasteiger partial charge in [-0.25, -0.2) is 17.9 Å². The molecule has 2 heterocycles. The molecule has 0 saturated heterocycles. The van der Waals surface area contributed by atoms with Gasteiger partial charge in [0.1, 0.15) is 0 Å². The number of benzene rings is 1. The van der Waals surface area contributed by atoms with Gasteiger partial charge >= 0.3 is 5.97 Å². The average Bonchev–Trinajstić information content (AvgIpc) is 3.16. The van der Waals surface area contributed by atoms with Crippen molar-refractivity contribution >= 4 is 27.8 Å². The van der Waals surface area contributed by atoms with Crippen LogP contribution in [-0.4, -0.2) is 38.3 Å². The molecule has 0 radical (unpaired) electrons. The Morgan fingerprint density at radius 1 is 1.08 bits per heavy atom. The van der Waals surface area contributed by atoms with Gasteiger partial charge in [-0.05, 0) is 31.3 Å².